The van der Waals surface area contributed by atoms with Gasteiger partial charge >= 0.3 is 0 Å². The Morgan fingerprint density at radius 2 is 2.17 bits per heavy atom. The minimum Gasteiger partial charge on any atom is -0.389 e. The molecule has 1 amide bonds. The van der Waals surface area contributed by atoms with E-state index in [0.717, 1.165) is 10.9 Å². The standard InChI is InChI=1S/C18H18ClN7O2S/c1-18(2,28)9-26-6-5-14(25-26)22-17-20-8-13(29-17)16(27)23-15-10-7-21-24-12(10)4-3-11(15)19/h3-8,28H,9H2,1-2H3,(H,21,24)(H,23,27)(H,20,22,25). The Labute approximate surface area is 174 Å². The van der Waals surface area contributed by atoms with Crippen molar-refractivity contribution in [3.8, 4) is 0 Å². The van der Waals surface area contributed by atoms with E-state index in [1.807, 2.05) is 0 Å². The monoisotopic (exact) mass is 431 g/mol. The fourth-order valence-electron chi connectivity index (χ4n) is 2.75. The van der Waals surface area contributed by atoms with Crippen LogP contribution in [0.1, 0.15) is 23.5 Å². The lowest BCUT2D eigenvalue weighted by molar-refractivity contribution is 0.0578. The zero-order valence-corrected chi connectivity index (χ0v) is 17.2. The molecule has 3 aromatic heterocycles. The summed E-state index contributed by atoms with van der Waals surface area (Å²) in [7, 11) is 0. The van der Waals surface area contributed by atoms with E-state index in [1.165, 1.54) is 17.5 Å². The Kier molecular flexibility index (Phi) is 4.99. The van der Waals surface area contributed by atoms with Crippen LogP contribution in [0.2, 0.25) is 5.02 Å². The highest BCUT2D eigenvalue weighted by Gasteiger charge is 2.17. The van der Waals surface area contributed by atoms with Gasteiger partial charge in [-0.15, -0.1) is 0 Å². The minimum atomic E-state index is -0.866. The van der Waals surface area contributed by atoms with E-state index in [9.17, 15) is 9.90 Å². The number of nitrogens with one attached hydrogen (secondary N) is 3. The number of anilines is 3. The van der Waals surface area contributed by atoms with E-state index in [2.05, 4.69) is 30.9 Å². The molecule has 0 spiro atoms. The summed E-state index contributed by atoms with van der Waals surface area (Å²) in [6.45, 7) is 3.79. The van der Waals surface area contributed by atoms with E-state index >= 15 is 0 Å². The number of rotatable bonds is 6. The number of hydrogen-bond acceptors (Lipinski definition) is 7. The van der Waals surface area contributed by atoms with Crippen molar-refractivity contribution < 1.29 is 9.90 Å². The molecule has 4 rings (SSSR count). The third-order valence-electron chi connectivity index (χ3n) is 3.97. The summed E-state index contributed by atoms with van der Waals surface area (Å²) >= 11 is 7.43. The van der Waals surface area contributed by atoms with Crippen molar-refractivity contribution in [2.45, 2.75) is 26.0 Å². The van der Waals surface area contributed by atoms with Crippen LogP contribution in [0.25, 0.3) is 10.9 Å². The topological polar surface area (TPSA) is 121 Å². The minimum absolute atomic E-state index is 0.321. The van der Waals surface area contributed by atoms with Gasteiger partial charge in [-0.2, -0.15) is 10.2 Å². The number of nitrogens with zero attached hydrogens (tertiary/aromatic N) is 4. The third kappa shape index (κ3) is 4.39. The predicted molar refractivity (Wildman–Crippen MR) is 113 cm³/mol. The van der Waals surface area contributed by atoms with Gasteiger partial charge in [-0.05, 0) is 26.0 Å². The van der Waals surface area contributed by atoms with Crippen molar-refractivity contribution in [1.82, 2.24) is 25.0 Å². The van der Waals surface area contributed by atoms with Crippen LogP contribution in [0.3, 0.4) is 0 Å². The highest BCUT2D eigenvalue weighted by atomic mass is 35.5. The fraction of sp³-hybridized carbons (Fsp3) is 0.222. The third-order valence-corrected chi connectivity index (χ3v) is 5.19. The largest absolute Gasteiger partial charge is 0.389 e. The molecule has 3 heterocycles. The number of fused-ring (bicyclic) bond motifs is 1. The second kappa shape index (κ2) is 7.47. The molecule has 0 aliphatic heterocycles. The van der Waals surface area contributed by atoms with Crippen molar-refractivity contribution in [3.05, 3.63) is 46.7 Å². The molecule has 0 fully saturated rings. The van der Waals surface area contributed by atoms with E-state index in [4.69, 9.17) is 11.6 Å². The number of hydrogen-bond donors (Lipinski definition) is 4. The fourth-order valence-corrected chi connectivity index (χ4v) is 3.68. The van der Waals surface area contributed by atoms with Crippen molar-refractivity contribution in [2.24, 2.45) is 0 Å². The van der Waals surface area contributed by atoms with Crippen LogP contribution in [0.5, 0.6) is 0 Å². The van der Waals surface area contributed by atoms with Gasteiger partial charge in [-0.25, -0.2) is 4.98 Å². The summed E-state index contributed by atoms with van der Waals surface area (Å²) in [4.78, 5) is 17.3. The summed E-state index contributed by atoms with van der Waals surface area (Å²) in [5.41, 5.74) is 0.406. The number of aliphatic hydroxyl groups is 1. The average Bonchev–Trinajstić information content (AvgIpc) is 3.37. The Balaban J connectivity index is 1.47. The van der Waals surface area contributed by atoms with Gasteiger partial charge in [-0.1, -0.05) is 22.9 Å². The maximum atomic E-state index is 12.7. The van der Waals surface area contributed by atoms with Gasteiger partial charge in [0, 0.05) is 17.6 Å². The number of thiazole rings is 1. The summed E-state index contributed by atoms with van der Waals surface area (Å²) < 4.78 is 1.64. The number of carbonyl (C=O) groups excluding carboxylic acids is 1. The Bertz CT molecular complexity index is 1170. The summed E-state index contributed by atoms with van der Waals surface area (Å²) in [6, 6.07) is 5.26. The van der Waals surface area contributed by atoms with E-state index in [-0.39, 0.29) is 5.91 Å². The van der Waals surface area contributed by atoms with E-state index in [1.54, 1.807) is 49.1 Å². The summed E-state index contributed by atoms with van der Waals surface area (Å²) in [5, 5.41) is 28.6. The maximum absolute atomic E-state index is 12.7. The molecule has 11 heteroatoms. The number of halogens is 1. The molecule has 1 aromatic carbocycles. The lowest BCUT2D eigenvalue weighted by Crippen LogP contribution is -2.26. The molecule has 0 aliphatic rings. The first-order valence-corrected chi connectivity index (χ1v) is 9.89. The smallest absolute Gasteiger partial charge is 0.267 e. The van der Waals surface area contributed by atoms with E-state index < -0.39 is 5.60 Å². The Hall–Kier alpha value is -2.95. The van der Waals surface area contributed by atoms with Gasteiger partial charge in [0.05, 0.1) is 40.8 Å². The van der Waals surface area contributed by atoms with Crippen molar-refractivity contribution >= 4 is 56.4 Å². The lowest BCUT2D eigenvalue weighted by Gasteiger charge is -2.16. The predicted octanol–water partition coefficient (Wildman–Crippen LogP) is 3.64. The molecule has 9 nitrogen and oxygen atoms in total. The number of amides is 1. The number of aromatic nitrogens is 5. The first-order chi connectivity index (χ1) is 13.8. The maximum Gasteiger partial charge on any atom is 0.267 e. The summed E-state index contributed by atoms with van der Waals surface area (Å²) in [5.74, 6) is 0.250. The molecule has 4 aromatic rings. The van der Waals surface area contributed by atoms with Gasteiger partial charge < -0.3 is 15.7 Å². The summed E-state index contributed by atoms with van der Waals surface area (Å²) in [6.07, 6.45) is 4.86. The molecule has 0 saturated heterocycles. The number of H-pyrrole nitrogens is 1. The van der Waals surface area contributed by atoms with Crippen LogP contribution in [0, 0.1) is 0 Å². The van der Waals surface area contributed by atoms with Gasteiger partial charge in [0.15, 0.2) is 10.9 Å². The quantitative estimate of drug-likeness (QED) is 0.370. The molecule has 0 unspecified atom stereocenters. The van der Waals surface area contributed by atoms with Crippen LogP contribution in [-0.2, 0) is 6.54 Å². The first-order valence-electron chi connectivity index (χ1n) is 8.70. The second-order valence-corrected chi connectivity index (χ2v) is 8.51. The Morgan fingerprint density at radius 3 is 2.97 bits per heavy atom. The average molecular weight is 432 g/mol. The van der Waals surface area contributed by atoms with E-state index in [0.29, 0.717) is 33.1 Å². The van der Waals surface area contributed by atoms with Crippen molar-refractivity contribution in [1.29, 1.82) is 0 Å². The first kappa shape index (κ1) is 19.4. The number of benzene rings is 1. The van der Waals surface area contributed by atoms with Crippen LogP contribution in [0.4, 0.5) is 16.6 Å². The van der Waals surface area contributed by atoms with Crippen molar-refractivity contribution in [2.75, 3.05) is 10.6 Å². The second-order valence-electron chi connectivity index (χ2n) is 7.07. The molecule has 0 atom stereocenters. The number of carbonyl (C=O) groups is 1. The molecule has 150 valence electrons. The molecular weight excluding hydrogens is 414 g/mol. The van der Waals surface area contributed by atoms with Crippen LogP contribution >= 0.6 is 22.9 Å². The zero-order chi connectivity index (χ0) is 20.6. The van der Waals surface area contributed by atoms with Gasteiger partial charge in [0.2, 0.25) is 0 Å². The highest BCUT2D eigenvalue weighted by Crippen LogP contribution is 2.31. The molecule has 0 saturated carbocycles. The van der Waals surface area contributed by atoms with Crippen LogP contribution < -0.4 is 10.6 Å². The van der Waals surface area contributed by atoms with Gasteiger partial charge in [0.1, 0.15) is 4.88 Å². The molecular formula is C18H18ClN7O2S. The number of aromatic amines is 1. The highest BCUT2D eigenvalue weighted by molar-refractivity contribution is 7.17. The van der Waals surface area contributed by atoms with Crippen LogP contribution in [0.15, 0.2) is 36.8 Å². The SMILES string of the molecule is CC(C)(O)Cn1ccc(Nc2ncc(C(=O)Nc3c(Cl)ccc4[nH]ncc34)s2)n1. The normalized spacial score (nSPS) is 11.7. The van der Waals surface area contributed by atoms with Crippen LogP contribution in [-0.4, -0.2) is 41.6 Å². The van der Waals surface area contributed by atoms with Crippen molar-refractivity contribution in [3.63, 3.8) is 0 Å². The molecule has 0 bridgehead atoms. The molecule has 4 N–H and O–H groups in total. The lowest BCUT2D eigenvalue weighted by atomic mass is 10.1. The van der Waals surface area contributed by atoms with Gasteiger partial charge in [-0.3, -0.25) is 14.6 Å². The Morgan fingerprint density at radius 1 is 1.34 bits per heavy atom. The molecule has 0 aliphatic carbocycles. The zero-order valence-electron chi connectivity index (χ0n) is 15.6. The van der Waals surface area contributed by atoms with Gasteiger partial charge in [0.25, 0.3) is 5.91 Å². The molecule has 0 radical (unpaired) electrons. The molecule has 29 heavy (non-hydrogen) atoms.